The van der Waals surface area contributed by atoms with Crippen LogP contribution >= 0.6 is 0 Å². The third kappa shape index (κ3) is 3.97. The van der Waals surface area contributed by atoms with Gasteiger partial charge in [0, 0.05) is 32.1 Å². The van der Waals surface area contributed by atoms with Crippen LogP contribution in [0.4, 0.5) is 0 Å². The first-order chi connectivity index (χ1) is 15.3. The number of hydrogen-bond acceptors (Lipinski definition) is 7. The van der Waals surface area contributed by atoms with Crippen LogP contribution in [-0.2, 0) is 27.8 Å². The van der Waals surface area contributed by atoms with Gasteiger partial charge in [-0.3, -0.25) is 4.79 Å². The minimum atomic E-state index is -3.68. The lowest BCUT2D eigenvalue weighted by Crippen LogP contribution is -2.45. The molecule has 0 saturated carbocycles. The number of fused-ring (bicyclic) bond motifs is 1. The highest BCUT2D eigenvalue weighted by Gasteiger charge is 2.37. The summed E-state index contributed by atoms with van der Waals surface area (Å²) < 4.78 is 43.3. The van der Waals surface area contributed by atoms with Crippen molar-refractivity contribution >= 4 is 15.9 Å². The van der Waals surface area contributed by atoms with E-state index in [0.29, 0.717) is 62.0 Å². The number of hydrogen-bond donors (Lipinski definition) is 0. The molecule has 1 saturated heterocycles. The molecule has 174 valence electrons. The van der Waals surface area contributed by atoms with Gasteiger partial charge in [-0.15, -0.1) is 0 Å². The predicted molar refractivity (Wildman–Crippen MR) is 116 cm³/mol. The highest BCUT2D eigenvalue weighted by molar-refractivity contribution is 7.89. The van der Waals surface area contributed by atoms with Crippen LogP contribution in [-0.4, -0.2) is 62.5 Å². The van der Waals surface area contributed by atoms with Crippen molar-refractivity contribution in [3.8, 4) is 11.5 Å². The number of rotatable bonds is 5. The fourth-order valence-electron chi connectivity index (χ4n) is 4.64. The van der Waals surface area contributed by atoms with Crippen LogP contribution in [0.15, 0.2) is 21.6 Å². The number of ether oxygens (including phenoxy) is 2. The van der Waals surface area contributed by atoms with E-state index in [0.717, 1.165) is 17.5 Å². The van der Waals surface area contributed by atoms with Gasteiger partial charge in [-0.1, -0.05) is 5.16 Å². The maximum absolute atomic E-state index is 13.2. The number of aromatic nitrogens is 1. The summed E-state index contributed by atoms with van der Waals surface area (Å²) in [5.41, 5.74) is 2.58. The van der Waals surface area contributed by atoms with Gasteiger partial charge in [-0.2, -0.15) is 4.31 Å². The van der Waals surface area contributed by atoms with E-state index < -0.39 is 10.0 Å². The first kappa shape index (κ1) is 22.6. The molecule has 0 unspecified atom stereocenters. The molecule has 10 heteroatoms. The van der Waals surface area contributed by atoms with Crippen LogP contribution in [0, 0.1) is 19.8 Å². The molecule has 1 fully saturated rings. The fraction of sp³-hybridized carbons (Fsp3) is 0.545. The molecule has 0 atom stereocenters. The second-order valence-electron chi connectivity index (χ2n) is 8.32. The number of carbonyl (C=O) groups excluding carboxylic acids is 1. The highest BCUT2D eigenvalue weighted by atomic mass is 32.2. The van der Waals surface area contributed by atoms with E-state index in [-0.39, 0.29) is 16.7 Å². The summed E-state index contributed by atoms with van der Waals surface area (Å²) in [6.07, 6.45) is 1.74. The Balaban J connectivity index is 1.42. The number of aryl methyl sites for hydroxylation is 2. The molecule has 9 nitrogen and oxygen atoms in total. The van der Waals surface area contributed by atoms with Gasteiger partial charge in [0.05, 0.1) is 14.2 Å². The Kier molecular flexibility index (Phi) is 6.17. The van der Waals surface area contributed by atoms with Gasteiger partial charge in [0.1, 0.15) is 10.6 Å². The van der Waals surface area contributed by atoms with Gasteiger partial charge < -0.3 is 18.9 Å². The van der Waals surface area contributed by atoms with E-state index in [2.05, 4.69) is 5.16 Å². The summed E-state index contributed by atoms with van der Waals surface area (Å²) in [7, 11) is -0.472. The van der Waals surface area contributed by atoms with E-state index >= 15 is 0 Å². The standard InChI is InChI=1S/C22H29N3O6S/c1-14-21(15(2)31-23-14)32(27,28)25-9-6-16(7-10-25)22(26)24-8-5-17-11-19(29-3)20(30-4)12-18(17)13-24/h11-12,16H,5-10,13H2,1-4H3. The molecule has 0 spiro atoms. The average molecular weight is 464 g/mol. The molecular weight excluding hydrogens is 434 g/mol. The summed E-state index contributed by atoms with van der Waals surface area (Å²) in [6.45, 7) is 4.99. The summed E-state index contributed by atoms with van der Waals surface area (Å²) in [5, 5.41) is 3.76. The van der Waals surface area contributed by atoms with Crippen LogP contribution in [0.3, 0.4) is 0 Å². The largest absolute Gasteiger partial charge is 0.493 e. The maximum Gasteiger partial charge on any atom is 0.248 e. The zero-order valence-corrected chi connectivity index (χ0v) is 19.7. The van der Waals surface area contributed by atoms with Crippen molar-refractivity contribution in [2.24, 2.45) is 5.92 Å². The van der Waals surface area contributed by atoms with Crippen LogP contribution in [0.1, 0.15) is 35.4 Å². The lowest BCUT2D eigenvalue weighted by Gasteiger charge is -2.35. The lowest BCUT2D eigenvalue weighted by atomic mass is 9.93. The van der Waals surface area contributed by atoms with Gasteiger partial charge >= 0.3 is 0 Å². The molecule has 0 aliphatic carbocycles. The number of benzene rings is 1. The van der Waals surface area contributed by atoms with E-state index in [4.69, 9.17) is 14.0 Å². The van der Waals surface area contributed by atoms with Crippen molar-refractivity contribution in [2.45, 2.75) is 44.6 Å². The number of methoxy groups -OCH3 is 2. The van der Waals surface area contributed by atoms with Gasteiger partial charge in [0.15, 0.2) is 17.3 Å². The summed E-state index contributed by atoms with van der Waals surface area (Å²) in [5.74, 6) is 1.53. The Morgan fingerprint density at radius 3 is 2.25 bits per heavy atom. The Morgan fingerprint density at radius 1 is 1.06 bits per heavy atom. The maximum atomic E-state index is 13.2. The molecule has 0 radical (unpaired) electrons. The van der Waals surface area contributed by atoms with Crippen LogP contribution in [0.5, 0.6) is 11.5 Å². The minimum Gasteiger partial charge on any atom is -0.493 e. The smallest absolute Gasteiger partial charge is 0.248 e. The van der Waals surface area contributed by atoms with Crippen molar-refractivity contribution in [3.05, 3.63) is 34.7 Å². The second kappa shape index (κ2) is 8.74. The van der Waals surface area contributed by atoms with Gasteiger partial charge in [-0.25, -0.2) is 8.42 Å². The number of sulfonamides is 1. The molecule has 0 N–H and O–H groups in total. The molecule has 32 heavy (non-hydrogen) atoms. The normalized spacial score (nSPS) is 17.8. The topological polar surface area (TPSA) is 102 Å². The first-order valence-electron chi connectivity index (χ1n) is 10.7. The molecule has 4 rings (SSSR count). The van der Waals surface area contributed by atoms with Crippen molar-refractivity contribution in [1.29, 1.82) is 0 Å². The Morgan fingerprint density at radius 2 is 1.69 bits per heavy atom. The molecule has 1 aromatic heterocycles. The zero-order valence-electron chi connectivity index (χ0n) is 18.9. The quantitative estimate of drug-likeness (QED) is 0.670. The highest BCUT2D eigenvalue weighted by Crippen LogP contribution is 2.34. The molecule has 1 aromatic carbocycles. The SMILES string of the molecule is COc1cc2c(cc1OC)CN(C(=O)C1CCN(S(=O)(=O)c3c(C)noc3C)CC1)CC2. The third-order valence-electron chi connectivity index (χ3n) is 6.40. The van der Waals surface area contributed by atoms with Crippen LogP contribution in [0.25, 0.3) is 0 Å². The summed E-state index contributed by atoms with van der Waals surface area (Å²) in [6, 6.07) is 3.92. The van der Waals surface area contributed by atoms with Crippen molar-refractivity contribution in [3.63, 3.8) is 0 Å². The first-order valence-corrected chi connectivity index (χ1v) is 12.2. The molecule has 3 heterocycles. The predicted octanol–water partition coefficient (Wildman–Crippen LogP) is 2.29. The van der Waals surface area contributed by atoms with Gasteiger partial charge in [0.25, 0.3) is 0 Å². The molecule has 2 aliphatic rings. The molecule has 2 aliphatic heterocycles. The van der Waals surface area contributed by atoms with Crippen molar-refractivity contribution in [1.82, 2.24) is 14.4 Å². The number of nitrogens with zero attached hydrogens (tertiary/aromatic N) is 3. The number of piperidine rings is 1. The third-order valence-corrected chi connectivity index (χ3v) is 8.54. The van der Waals surface area contributed by atoms with Gasteiger partial charge in [-0.05, 0) is 56.4 Å². The Labute approximate surface area is 188 Å². The monoisotopic (exact) mass is 463 g/mol. The molecular formula is C22H29N3O6S. The van der Waals surface area contributed by atoms with E-state index in [1.807, 2.05) is 17.0 Å². The Hall–Kier alpha value is -2.59. The molecule has 2 aromatic rings. The van der Waals surface area contributed by atoms with Crippen LogP contribution in [0.2, 0.25) is 0 Å². The minimum absolute atomic E-state index is 0.0832. The van der Waals surface area contributed by atoms with Gasteiger partial charge in [0.2, 0.25) is 15.9 Å². The molecule has 1 amide bonds. The zero-order chi connectivity index (χ0) is 23.0. The lowest BCUT2D eigenvalue weighted by molar-refractivity contribution is -0.137. The summed E-state index contributed by atoms with van der Waals surface area (Å²) >= 11 is 0. The number of amides is 1. The molecule has 0 bridgehead atoms. The number of carbonyl (C=O) groups is 1. The van der Waals surface area contributed by atoms with Crippen LogP contribution < -0.4 is 9.47 Å². The Bertz CT molecular complexity index is 1100. The summed E-state index contributed by atoms with van der Waals surface area (Å²) in [4.78, 5) is 15.2. The average Bonchev–Trinajstić information content (AvgIpc) is 3.15. The second-order valence-corrected chi connectivity index (χ2v) is 10.2. The van der Waals surface area contributed by atoms with E-state index in [9.17, 15) is 13.2 Å². The van der Waals surface area contributed by atoms with E-state index in [1.54, 1.807) is 28.1 Å². The van der Waals surface area contributed by atoms with Crippen molar-refractivity contribution in [2.75, 3.05) is 33.9 Å². The van der Waals surface area contributed by atoms with E-state index in [1.165, 1.54) is 4.31 Å². The van der Waals surface area contributed by atoms with Crippen molar-refractivity contribution < 1.29 is 27.2 Å². The fourth-order valence-corrected chi connectivity index (χ4v) is 6.41.